The van der Waals surface area contributed by atoms with E-state index < -0.39 is 140 Å². The van der Waals surface area contributed by atoms with Gasteiger partial charge in [0.1, 0.15) is 24.2 Å². The Hall–Kier alpha value is -8.78. The van der Waals surface area contributed by atoms with E-state index in [9.17, 15) is 97.8 Å². The number of hydrogen-bond donors (Lipinski definition) is 11. The van der Waals surface area contributed by atoms with Crippen molar-refractivity contribution in [3.63, 3.8) is 0 Å². The van der Waals surface area contributed by atoms with Crippen molar-refractivity contribution in [3.8, 4) is 0 Å². The van der Waals surface area contributed by atoms with Gasteiger partial charge in [-0.15, -0.1) is 5.06 Å². The Morgan fingerprint density at radius 1 is 0.537 bits per heavy atom. The van der Waals surface area contributed by atoms with E-state index in [2.05, 4.69) is 26.6 Å². The SMILES string of the molecule is CN1CCN(CC(=O)O)CCN(CC(=O)O)CCN(CC(=O)NCCCC[C@@H](NC(=O)[C@@H](CCC(=O)O)NC(=O)[C@@H](CCC(=O)O)NC(=O)[C@@H](CCC(=O)O)NC(=O)c2cccc(C(=O)ON3C(=O)CCC3=O)c2)C(=O)O)CC1.O=C=O. The Bertz CT molecular complexity index is 2490. The fraction of sp³-hybridized carbons (Fsp3) is 0.571. The minimum atomic E-state index is -1.84. The van der Waals surface area contributed by atoms with E-state index in [1.54, 1.807) is 9.80 Å². The van der Waals surface area contributed by atoms with Crippen molar-refractivity contribution < 1.29 is 112 Å². The molecule has 2 heterocycles. The second kappa shape index (κ2) is 36.5. The molecule has 0 aromatic heterocycles. The fourth-order valence-corrected chi connectivity index (χ4v) is 7.96. The molecule has 0 spiro atoms. The van der Waals surface area contributed by atoms with Crippen LogP contribution in [-0.4, -0.2) is 254 Å². The van der Waals surface area contributed by atoms with Crippen molar-refractivity contribution in [1.29, 1.82) is 0 Å². The van der Waals surface area contributed by atoms with Gasteiger partial charge < -0.3 is 67.0 Å². The summed E-state index contributed by atoms with van der Waals surface area (Å²) in [5.74, 6) is -15.8. The average molecular weight is 1170 g/mol. The van der Waals surface area contributed by atoms with Crippen molar-refractivity contribution >= 4 is 89.3 Å². The molecular weight excluding hydrogens is 1100 g/mol. The number of nitrogens with one attached hydrogen (secondary N) is 5. The highest BCUT2D eigenvalue weighted by molar-refractivity contribution is 6.04. The van der Waals surface area contributed by atoms with Crippen LogP contribution in [0.1, 0.15) is 91.3 Å². The molecule has 0 bridgehead atoms. The summed E-state index contributed by atoms with van der Waals surface area (Å²) in [7, 11) is 1.85. The lowest BCUT2D eigenvalue weighted by Gasteiger charge is -2.32. The number of amides is 7. The molecule has 0 aliphatic carbocycles. The number of carbonyl (C=O) groups is 14. The van der Waals surface area contributed by atoms with Gasteiger partial charge in [0, 0.05) is 96.6 Å². The number of nitrogens with zero attached hydrogens (tertiary/aromatic N) is 5. The van der Waals surface area contributed by atoms with E-state index >= 15 is 0 Å². The molecule has 33 nitrogen and oxygen atoms in total. The monoisotopic (exact) mass is 1160 g/mol. The summed E-state index contributed by atoms with van der Waals surface area (Å²) in [6.45, 7) is 2.56. The predicted molar refractivity (Wildman–Crippen MR) is 272 cm³/mol. The van der Waals surface area contributed by atoms with Gasteiger partial charge >= 0.3 is 47.9 Å². The molecule has 7 amide bonds. The van der Waals surface area contributed by atoms with Crippen molar-refractivity contribution in [2.75, 3.05) is 85.6 Å². The van der Waals surface area contributed by atoms with Crippen LogP contribution >= 0.6 is 0 Å². The molecule has 1 aromatic carbocycles. The number of aliphatic carboxylic acids is 6. The lowest BCUT2D eigenvalue weighted by Crippen LogP contribution is -2.58. The first-order chi connectivity index (χ1) is 38.7. The largest absolute Gasteiger partial charge is 0.481 e. The first kappa shape index (κ1) is 69.3. The number of likely N-dealkylation sites (N-methyl/N-ethyl adjacent to an activating group) is 1. The van der Waals surface area contributed by atoms with Crippen LogP contribution in [0.4, 0.5) is 0 Å². The second-order valence-corrected chi connectivity index (χ2v) is 18.7. The zero-order valence-corrected chi connectivity index (χ0v) is 44.7. The molecule has 2 fully saturated rings. The maximum atomic E-state index is 13.8. The zero-order chi connectivity index (χ0) is 61.5. The van der Waals surface area contributed by atoms with Crippen molar-refractivity contribution in [1.82, 2.24) is 51.2 Å². The number of hydroxylamine groups is 2. The zero-order valence-electron chi connectivity index (χ0n) is 44.7. The van der Waals surface area contributed by atoms with Crippen LogP contribution in [0.2, 0.25) is 0 Å². The summed E-state index contributed by atoms with van der Waals surface area (Å²) >= 11 is 0. The maximum Gasteiger partial charge on any atom is 0.373 e. The van der Waals surface area contributed by atoms with Gasteiger partial charge in [0.15, 0.2) is 0 Å². The minimum Gasteiger partial charge on any atom is -0.481 e. The number of hydrogen-bond acceptors (Lipinski definition) is 21. The second-order valence-electron chi connectivity index (χ2n) is 18.7. The molecule has 0 saturated carbocycles. The summed E-state index contributed by atoms with van der Waals surface area (Å²) in [4.78, 5) is 203. The number of carboxylic acids is 6. The van der Waals surface area contributed by atoms with Gasteiger partial charge in [-0.25, -0.2) is 9.59 Å². The summed E-state index contributed by atoms with van der Waals surface area (Å²) in [5, 5.41) is 69.1. The lowest BCUT2D eigenvalue weighted by molar-refractivity contribution is -0.192. The molecule has 3 rings (SSSR count). The Kier molecular flexibility index (Phi) is 30.8. The quantitative estimate of drug-likeness (QED) is 0.0248. The molecular formula is C49H68N10O23. The molecule has 4 atom stereocenters. The van der Waals surface area contributed by atoms with E-state index in [-0.39, 0.29) is 99.6 Å². The van der Waals surface area contributed by atoms with E-state index in [0.717, 1.165) is 6.07 Å². The van der Waals surface area contributed by atoms with Crippen molar-refractivity contribution in [2.45, 2.75) is 94.8 Å². The Morgan fingerprint density at radius 2 is 0.939 bits per heavy atom. The van der Waals surface area contributed by atoms with Crippen molar-refractivity contribution in [2.24, 2.45) is 0 Å². The fourth-order valence-electron chi connectivity index (χ4n) is 7.96. The van der Waals surface area contributed by atoms with Crippen LogP contribution in [0, 0.1) is 0 Å². The van der Waals surface area contributed by atoms with Crippen LogP contribution in [0.15, 0.2) is 24.3 Å². The standard InChI is InChI=1S/C48H68N10O21.CO2/c1-54-17-19-55(21-22-57(28-42(70)71)24-23-56(20-18-54)27-41(68)69)26-35(59)49-16-3-2-7-34(47(76)77)53-46(75)33(10-15-40(66)67)52-45(74)32(9-14-39(64)65)51-44(73)31(8-13-38(62)63)50-43(72)29-5-4-6-30(25-29)48(78)79-58-36(60)11-12-37(58)61;2-1-3/h4-6,25,31-34H,2-3,7-24,26-28H2,1H3,(H,49,59)(H,50,72)(H,51,73)(H,52,74)(H,53,75)(H,62,63)(H,64,65)(H,66,67)(H,68,69)(H,70,71)(H,76,77);/t31-,32-,33-,34-;/m1./s1. The van der Waals surface area contributed by atoms with Crippen LogP contribution in [0.25, 0.3) is 0 Å². The molecule has 0 radical (unpaired) electrons. The normalized spacial score (nSPS) is 16.1. The Balaban J connectivity index is 0.00000748. The van der Waals surface area contributed by atoms with E-state index in [1.165, 1.54) is 18.2 Å². The number of carboxylic acid groups (broad SMARTS) is 6. The average Bonchev–Trinajstić information content (AvgIpc) is 3.81. The van der Waals surface area contributed by atoms with Gasteiger partial charge in [-0.05, 0) is 63.8 Å². The van der Waals surface area contributed by atoms with Gasteiger partial charge in [-0.3, -0.25) is 72.2 Å². The highest BCUT2D eigenvalue weighted by Crippen LogP contribution is 2.16. The molecule has 452 valence electrons. The molecule has 1 aromatic rings. The summed E-state index contributed by atoms with van der Waals surface area (Å²) in [6.07, 6.45) is -4.19. The summed E-state index contributed by atoms with van der Waals surface area (Å²) in [6, 6.07) is -2.45. The smallest absolute Gasteiger partial charge is 0.373 e. The first-order valence-electron chi connectivity index (χ1n) is 25.6. The van der Waals surface area contributed by atoms with Gasteiger partial charge in [-0.1, -0.05) is 6.07 Å². The predicted octanol–water partition coefficient (Wildman–Crippen LogP) is -4.14. The van der Waals surface area contributed by atoms with Crippen LogP contribution in [-0.2, 0) is 72.0 Å². The molecule has 33 heteroatoms. The third-order valence-corrected chi connectivity index (χ3v) is 12.4. The Labute approximate surface area is 467 Å². The van der Waals surface area contributed by atoms with Gasteiger partial charge in [0.2, 0.25) is 23.6 Å². The number of rotatable bonds is 31. The number of carbonyl (C=O) groups excluding carboxylic acids is 10. The van der Waals surface area contributed by atoms with Gasteiger partial charge in [-0.2, -0.15) is 9.59 Å². The highest BCUT2D eigenvalue weighted by Gasteiger charge is 2.35. The first-order valence-corrected chi connectivity index (χ1v) is 25.6. The topological polar surface area (TPSA) is 480 Å². The molecule has 11 N–H and O–H groups in total. The molecule has 82 heavy (non-hydrogen) atoms. The summed E-state index contributed by atoms with van der Waals surface area (Å²) < 4.78 is 0. The maximum absolute atomic E-state index is 13.8. The van der Waals surface area contributed by atoms with Gasteiger partial charge in [0.05, 0.1) is 25.2 Å². The third kappa shape index (κ3) is 27.4. The number of unbranched alkanes of at least 4 members (excludes halogenated alkanes) is 1. The third-order valence-electron chi connectivity index (χ3n) is 12.4. The molecule has 2 aliphatic rings. The molecule has 0 unspecified atom stereocenters. The van der Waals surface area contributed by atoms with Crippen LogP contribution < -0.4 is 26.6 Å². The minimum absolute atomic E-state index is 0.0626. The highest BCUT2D eigenvalue weighted by atomic mass is 16.7. The number of benzene rings is 1. The van der Waals surface area contributed by atoms with Crippen LogP contribution in [0.3, 0.4) is 0 Å². The van der Waals surface area contributed by atoms with E-state index in [0.29, 0.717) is 39.3 Å². The molecule has 2 saturated heterocycles. The van der Waals surface area contributed by atoms with Crippen LogP contribution in [0.5, 0.6) is 0 Å². The van der Waals surface area contributed by atoms with Crippen molar-refractivity contribution in [3.05, 3.63) is 35.4 Å². The van der Waals surface area contributed by atoms with E-state index in [1.807, 2.05) is 16.8 Å². The van der Waals surface area contributed by atoms with Gasteiger partial charge in [0.25, 0.3) is 17.7 Å². The van der Waals surface area contributed by atoms with E-state index in [4.69, 9.17) is 14.4 Å². The molecule has 2 aliphatic heterocycles. The Morgan fingerprint density at radius 3 is 1.37 bits per heavy atom. The number of imide groups is 1. The summed E-state index contributed by atoms with van der Waals surface area (Å²) in [5.41, 5.74) is -0.615. The lowest BCUT2D eigenvalue weighted by atomic mass is 10.0.